The lowest BCUT2D eigenvalue weighted by Gasteiger charge is -2.24. The number of nitrogens with one attached hydrogen (secondary N) is 2. The fraction of sp³-hybridized carbons (Fsp3) is 0.462. The van der Waals surface area contributed by atoms with Crippen molar-refractivity contribution >= 4 is 17.6 Å². The first kappa shape index (κ1) is 14.3. The summed E-state index contributed by atoms with van der Waals surface area (Å²) in [6, 6.07) is 1.62. The van der Waals surface area contributed by atoms with Gasteiger partial charge < -0.3 is 20.1 Å². The summed E-state index contributed by atoms with van der Waals surface area (Å²) in [6.45, 7) is 4.99. The van der Waals surface area contributed by atoms with E-state index in [2.05, 4.69) is 15.8 Å². The highest BCUT2D eigenvalue weighted by Gasteiger charge is 2.20. The molecule has 2 heterocycles. The summed E-state index contributed by atoms with van der Waals surface area (Å²) in [7, 11) is 1.60. The number of rotatable bonds is 4. The van der Waals surface area contributed by atoms with E-state index >= 15 is 0 Å². The van der Waals surface area contributed by atoms with Crippen molar-refractivity contribution in [3.8, 4) is 0 Å². The standard InChI is InChI=1S/C13H18N4O3/c1-8-4-11(16-20-8)15-12(18)7-17(3)13(19)9(2)10-5-14-6-10/h4,14H,5-7H2,1-3H3,(H,15,16,18). The van der Waals surface area contributed by atoms with Gasteiger partial charge in [0, 0.05) is 31.8 Å². The molecule has 0 aromatic carbocycles. The predicted octanol–water partition coefficient (Wildman–Crippen LogP) is 0.300. The lowest BCUT2D eigenvalue weighted by Crippen LogP contribution is -2.40. The first-order valence-electron chi connectivity index (χ1n) is 6.35. The zero-order chi connectivity index (χ0) is 14.7. The molecule has 20 heavy (non-hydrogen) atoms. The molecule has 0 unspecified atom stereocenters. The van der Waals surface area contributed by atoms with Crippen LogP contribution in [0.1, 0.15) is 12.7 Å². The number of nitrogens with zero attached hydrogens (tertiary/aromatic N) is 2. The fourth-order valence-electron chi connectivity index (χ4n) is 1.85. The van der Waals surface area contributed by atoms with E-state index < -0.39 is 0 Å². The van der Waals surface area contributed by atoms with Gasteiger partial charge in [0.15, 0.2) is 5.82 Å². The number of hydrogen-bond donors (Lipinski definition) is 2. The summed E-state index contributed by atoms with van der Waals surface area (Å²) in [4.78, 5) is 25.3. The largest absolute Gasteiger partial charge is 0.360 e. The Hall–Kier alpha value is -2.15. The number of amides is 2. The molecule has 7 heteroatoms. The summed E-state index contributed by atoms with van der Waals surface area (Å²) in [6.07, 6.45) is 0. The average Bonchev–Trinajstić information content (AvgIpc) is 2.71. The van der Waals surface area contributed by atoms with Crippen LogP contribution in [0.2, 0.25) is 0 Å². The van der Waals surface area contributed by atoms with Gasteiger partial charge in [-0.1, -0.05) is 5.16 Å². The minimum atomic E-state index is -0.307. The molecule has 1 saturated heterocycles. The Morgan fingerprint density at radius 1 is 1.50 bits per heavy atom. The van der Waals surface area contributed by atoms with Gasteiger partial charge >= 0.3 is 0 Å². The normalized spacial score (nSPS) is 13.7. The average molecular weight is 278 g/mol. The summed E-state index contributed by atoms with van der Waals surface area (Å²) < 4.78 is 4.85. The van der Waals surface area contributed by atoms with Crippen LogP contribution in [0.15, 0.2) is 21.7 Å². The van der Waals surface area contributed by atoms with E-state index in [1.807, 2.05) is 0 Å². The van der Waals surface area contributed by atoms with Crippen molar-refractivity contribution in [1.82, 2.24) is 15.4 Å². The quantitative estimate of drug-likeness (QED) is 0.773. The second-order valence-corrected chi connectivity index (χ2v) is 4.86. The number of carbonyl (C=O) groups excluding carboxylic acids is 2. The number of likely N-dealkylation sites (N-methyl/N-ethyl adjacent to an activating group) is 1. The van der Waals surface area contributed by atoms with Crippen LogP contribution < -0.4 is 10.6 Å². The van der Waals surface area contributed by atoms with Gasteiger partial charge in [-0.3, -0.25) is 9.59 Å². The molecule has 0 atom stereocenters. The van der Waals surface area contributed by atoms with Gasteiger partial charge in [-0.2, -0.15) is 0 Å². The topological polar surface area (TPSA) is 87.5 Å². The summed E-state index contributed by atoms with van der Waals surface area (Å²) >= 11 is 0. The van der Waals surface area contributed by atoms with Crippen molar-refractivity contribution in [2.24, 2.45) is 0 Å². The van der Waals surface area contributed by atoms with Crippen molar-refractivity contribution in [3.63, 3.8) is 0 Å². The molecule has 2 rings (SSSR count). The molecule has 0 spiro atoms. The van der Waals surface area contributed by atoms with E-state index in [0.29, 0.717) is 17.2 Å². The van der Waals surface area contributed by atoms with Crippen LogP contribution in [0.5, 0.6) is 0 Å². The van der Waals surface area contributed by atoms with Gasteiger partial charge in [-0.15, -0.1) is 0 Å². The molecule has 108 valence electrons. The number of aryl methyl sites for hydroxylation is 1. The predicted molar refractivity (Wildman–Crippen MR) is 73.1 cm³/mol. The Balaban J connectivity index is 1.89. The fourth-order valence-corrected chi connectivity index (χ4v) is 1.85. The maximum absolute atomic E-state index is 12.1. The Morgan fingerprint density at radius 2 is 2.20 bits per heavy atom. The molecule has 2 N–H and O–H groups in total. The molecule has 0 aliphatic carbocycles. The molecular weight excluding hydrogens is 260 g/mol. The third-order valence-electron chi connectivity index (χ3n) is 3.15. The van der Waals surface area contributed by atoms with Crippen molar-refractivity contribution in [1.29, 1.82) is 0 Å². The van der Waals surface area contributed by atoms with E-state index in [9.17, 15) is 9.59 Å². The lowest BCUT2D eigenvalue weighted by molar-refractivity contribution is -0.130. The maximum atomic E-state index is 12.1. The number of anilines is 1. The number of aromatic nitrogens is 1. The third-order valence-corrected chi connectivity index (χ3v) is 3.15. The Bertz CT molecular complexity index is 556. The molecule has 0 radical (unpaired) electrons. The van der Waals surface area contributed by atoms with Gasteiger partial charge in [-0.25, -0.2) is 0 Å². The molecule has 1 aliphatic heterocycles. The van der Waals surface area contributed by atoms with Crippen LogP contribution in [0.3, 0.4) is 0 Å². The molecule has 1 aromatic heterocycles. The molecule has 1 aliphatic rings. The summed E-state index contributed by atoms with van der Waals surface area (Å²) in [5.41, 5.74) is 1.80. The molecular formula is C13H18N4O3. The van der Waals surface area contributed by atoms with Crippen LogP contribution in [0.25, 0.3) is 0 Å². The van der Waals surface area contributed by atoms with Gasteiger partial charge in [0.25, 0.3) is 0 Å². The van der Waals surface area contributed by atoms with Crippen molar-refractivity contribution in [2.75, 3.05) is 32.0 Å². The van der Waals surface area contributed by atoms with E-state index in [1.165, 1.54) is 4.90 Å². The Labute approximate surface area is 117 Å². The van der Waals surface area contributed by atoms with Crippen molar-refractivity contribution < 1.29 is 14.1 Å². The molecule has 1 aromatic rings. The minimum Gasteiger partial charge on any atom is -0.360 e. The van der Waals surface area contributed by atoms with Crippen LogP contribution in [0.4, 0.5) is 5.82 Å². The number of hydrogen-bond acceptors (Lipinski definition) is 5. The lowest BCUT2D eigenvalue weighted by atomic mass is 10.0. The highest BCUT2D eigenvalue weighted by Crippen LogP contribution is 2.11. The van der Waals surface area contributed by atoms with Crippen molar-refractivity contribution in [2.45, 2.75) is 13.8 Å². The first-order valence-corrected chi connectivity index (χ1v) is 6.35. The molecule has 7 nitrogen and oxygen atoms in total. The van der Waals surface area contributed by atoms with Crippen LogP contribution in [-0.2, 0) is 9.59 Å². The molecule has 0 bridgehead atoms. The van der Waals surface area contributed by atoms with Crippen LogP contribution in [0, 0.1) is 6.92 Å². The van der Waals surface area contributed by atoms with Gasteiger partial charge in [0.1, 0.15) is 5.76 Å². The zero-order valence-electron chi connectivity index (χ0n) is 11.8. The first-order chi connectivity index (χ1) is 9.47. The maximum Gasteiger partial charge on any atom is 0.249 e. The van der Waals surface area contributed by atoms with E-state index in [1.54, 1.807) is 27.0 Å². The molecule has 0 saturated carbocycles. The molecule has 1 fully saturated rings. The summed E-state index contributed by atoms with van der Waals surface area (Å²) in [5, 5.41) is 9.33. The molecule has 2 amide bonds. The SMILES string of the molecule is CC(C(=O)N(C)CC(=O)Nc1cc(C)on1)=C1CNC1. The van der Waals surface area contributed by atoms with Crippen molar-refractivity contribution in [3.05, 3.63) is 23.0 Å². The third kappa shape index (κ3) is 3.24. The van der Waals surface area contributed by atoms with E-state index in [-0.39, 0.29) is 18.4 Å². The number of carbonyl (C=O) groups is 2. The second kappa shape index (κ2) is 5.87. The summed E-state index contributed by atoms with van der Waals surface area (Å²) in [5.74, 6) is 0.529. The van der Waals surface area contributed by atoms with Gasteiger partial charge in [-0.05, 0) is 19.4 Å². The van der Waals surface area contributed by atoms with Crippen LogP contribution in [-0.4, -0.2) is 48.6 Å². The highest BCUT2D eigenvalue weighted by atomic mass is 16.5. The van der Waals surface area contributed by atoms with Crippen LogP contribution >= 0.6 is 0 Å². The Kier molecular flexibility index (Phi) is 4.19. The van der Waals surface area contributed by atoms with Gasteiger partial charge in [0.05, 0.1) is 6.54 Å². The zero-order valence-corrected chi connectivity index (χ0v) is 11.8. The Morgan fingerprint density at radius 3 is 2.70 bits per heavy atom. The van der Waals surface area contributed by atoms with Gasteiger partial charge in [0.2, 0.25) is 11.8 Å². The smallest absolute Gasteiger partial charge is 0.249 e. The van der Waals surface area contributed by atoms with E-state index in [0.717, 1.165) is 18.7 Å². The monoisotopic (exact) mass is 278 g/mol. The van der Waals surface area contributed by atoms with E-state index in [4.69, 9.17) is 4.52 Å². The highest BCUT2D eigenvalue weighted by molar-refractivity contribution is 5.98. The minimum absolute atomic E-state index is 0.0250. The second-order valence-electron chi connectivity index (χ2n) is 4.86.